The summed E-state index contributed by atoms with van der Waals surface area (Å²) in [6.07, 6.45) is 0.596. The van der Waals surface area contributed by atoms with Crippen molar-refractivity contribution in [3.8, 4) is 22.3 Å². The number of carbonyl (C=O) groups excluding carboxylic acids is 2. The molecule has 3 aromatic rings. The maximum Gasteiger partial charge on any atom is 0.200 e. The summed E-state index contributed by atoms with van der Waals surface area (Å²) in [4.78, 5) is 24.3. The van der Waals surface area contributed by atoms with Gasteiger partial charge in [-0.05, 0) is 34.4 Å². The maximum absolute atomic E-state index is 12.2. The number of hydrogen-bond acceptors (Lipinski definition) is 3. The van der Waals surface area contributed by atoms with Gasteiger partial charge in [0.1, 0.15) is 5.57 Å². The molecule has 0 aromatic heterocycles. The molecule has 0 aliphatic heterocycles. The van der Waals surface area contributed by atoms with E-state index in [0.29, 0.717) is 17.4 Å². The van der Waals surface area contributed by atoms with Crippen LogP contribution in [0, 0.1) is 0 Å². The molecule has 0 atom stereocenters. The Kier molecular flexibility index (Phi) is 3.55. The van der Waals surface area contributed by atoms with Gasteiger partial charge in [0.15, 0.2) is 0 Å². The molecule has 3 heteroatoms. The molecular formula is C22H14O3. The summed E-state index contributed by atoms with van der Waals surface area (Å²) in [5.74, 6) is -0.848. The largest absolute Gasteiger partial charge is 0.515 e. The van der Waals surface area contributed by atoms with Crippen LogP contribution in [0.15, 0.2) is 84.6 Å². The normalized spacial score (nSPS) is 14.8. The van der Waals surface area contributed by atoms with Crippen molar-refractivity contribution >= 4 is 11.6 Å². The second kappa shape index (κ2) is 5.87. The highest BCUT2D eigenvalue weighted by Gasteiger charge is 2.33. The van der Waals surface area contributed by atoms with Gasteiger partial charge in [0.2, 0.25) is 11.6 Å². The van der Waals surface area contributed by atoms with Gasteiger partial charge in [0, 0.05) is 11.1 Å². The number of rotatable bonds is 2. The molecule has 25 heavy (non-hydrogen) atoms. The Bertz CT molecular complexity index is 1010. The molecule has 0 fully saturated rings. The zero-order valence-corrected chi connectivity index (χ0v) is 13.3. The predicted octanol–water partition coefficient (Wildman–Crippen LogP) is 4.84. The van der Waals surface area contributed by atoms with Crippen molar-refractivity contribution in [3.63, 3.8) is 0 Å². The van der Waals surface area contributed by atoms with Gasteiger partial charge in [-0.3, -0.25) is 9.59 Å². The Hall–Kier alpha value is -3.46. The number of carbonyl (C=O) groups is 2. The number of Topliss-reactive ketones (excluding diaryl/α,β-unsaturated/α-hetero) is 2. The fourth-order valence-electron chi connectivity index (χ4n) is 3.11. The zero-order chi connectivity index (χ0) is 17.4. The quantitative estimate of drug-likeness (QED) is 0.416. The summed E-state index contributed by atoms with van der Waals surface area (Å²) in [6.45, 7) is 0. The fraction of sp³-hybridized carbons (Fsp3) is 0. The molecule has 0 unspecified atom stereocenters. The molecule has 120 valence electrons. The molecule has 3 aromatic carbocycles. The lowest BCUT2D eigenvalue weighted by Gasteiger charge is -2.06. The molecule has 0 spiro atoms. The third-order valence-electron chi connectivity index (χ3n) is 4.45. The number of fused-ring (bicyclic) bond motifs is 1. The van der Waals surface area contributed by atoms with E-state index < -0.39 is 11.6 Å². The van der Waals surface area contributed by atoms with E-state index in [1.165, 1.54) is 0 Å². The summed E-state index contributed by atoms with van der Waals surface area (Å²) in [5, 5.41) is 9.10. The second-order valence-electron chi connectivity index (χ2n) is 5.90. The first-order valence-corrected chi connectivity index (χ1v) is 7.93. The Balaban J connectivity index is 1.72. The standard InChI is InChI=1S/C22H14O3/c23-13-20-21(24)18-11-10-17(12-19(18)22(20)25)16-8-6-15(7-9-16)14-4-2-1-3-5-14/h1-13,23H/b20-13-. The minimum absolute atomic E-state index is 0.174. The average molecular weight is 326 g/mol. The van der Waals surface area contributed by atoms with Crippen molar-refractivity contribution in [2.24, 2.45) is 0 Å². The van der Waals surface area contributed by atoms with Gasteiger partial charge >= 0.3 is 0 Å². The molecule has 3 nitrogen and oxygen atoms in total. The van der Waals surface area contributed by atoms with Gasteiger partial charge in [-0.1, -0.05) is 60.7 Å². The molecule has 0 amide bonds. The van der Waals surface area contributed by atoms with Crippen LogP contribution in [0.2, 0.25) is 0 Å². The molecule has 1 aliphatic rings. The highest BCUT2D eigenvalue weighted by Crippen LogP contribution is 2.31. The van der Waals surface area contributed by atoms with Gasteiger partial charge in [-0.15, -0.1) is 0 Å². The third kappa shape index (κ3) is 2.46. The first kappa shape index (κ1) is 15.1. The zero-order valence-electron chi connectivity index (χ0n) is 13.3. The van der Waals surface area contributed by atoms with Crippen molar-refractivity contribution < 1.29 is 14.7 Å². The van der Waals surface area contributed by atoms with E-state index in [4.69, 9.17) is 5.11 Å². The van der Waals surface area contributed by atoms with Crippen LogP contribution in [0.1, 0.15) is 20.7 Å². The van der Waals surface area contributed by atoms with E-state index in [2.05, 4.69) is 12.1 Å². The molecule has 1 N–H and O–H groups in total. The Morgan fingerprint density at radius 1 is 0.600 bits per heavy atom. The van der Waals surface area contributed by atoms with Crippen LogP contribution in [0.4, 0.5) is 0 Å². The smallest absolute Gasteiger partial charge is 0.200 e. The number of hydrogen-bond donors (Lipinski definition) is 1. The van der Waals surface area contributed by atoms with Crippen molar-refractivity contribution in [1.82, 2.24) is 0 Å². The van der Waals surface area contributed by atoms with Gasteiger partial charge < -0.3 is 5.11 Å². The number of allylic oxidation sites excluding steroid dienone is 1. The molecular weight excluding hydrogens is 312 g/mol. The monoisotopic (exact) mass is 326 g/mol. The fourth-order valence-corrected chi connectivity index (χ4v) is 3.11. The number of ketones is 2. The van der Waals surface area contributed by atoms with Gasteiger partial charge in [0.25, 0.3) is 0 Å². The van der Waals surface area contributed by atoms with Crippen LogP contribution in [0.5, 0.6) is 0 Å². The first-order valence-electron chi connectivity index (χ1n) is 7.93. The van der Waals surface area contributed by atoms with Gasteiger partial charge in [0.05, 0.1) is 6.26 Å². The van der Waals surface area contributed by atoms with Crippen LogP contribution in [-0.4, -0.2) is 16.7 Å². The summed E-state index contributed by atoms with van der Waals surface area (Å²) in [5.41, 5.74) is 4.59. The van der Waals surface area contributed by atoms with Crippen molar-refractivity contribution in [3.05, 3.63) is 95.8 Å². The van der Waals surface area contributed by atoms with Crippen LogP contribution in [-0.2, 0) is 0 Å². The van der Waals surface area contributed by atoms with Gasteiger partial charge in [-0.2, -0.15) is 0 Å². The minimum atomic E-state index is -0.426. The molecule has 0 saturated heterocycles. The van der Waals surface area contributed by atoms with E-state index in [9.17, 15) is 9.59 Å². The van der Waals surface area contributed by atoms with E-state index >= 15 is 0 Å². The summed E-state index contributed by atoms with van der Waals surface area (Å²) >= 11 is 0. The molecule has 1 aliphatic carbocycles. The lowest BCUT2D eigenvalue weighted by Crippen LogP contribution is -1.99. The predicted molar refractivity (Wildman–Crippen MR) is 96.7 cm³/mol. The van der Waals surface area contributed by atoms with E-state index in [1.54, 1.807) is 12.1 Å². The highest BCUT2D eigenvalue weighted by atomic mass is 16.2. The molecule has 0 radical (unpaired) electrons. The second-order valence-corrected chi connectivity index (χ2v) is 5.90. The van der Waals surface area contributed by atoms with Gasteiger partial charge in [-0.25, -0.2) is 0 Å². The van der Waals surface area contributed by atoms with Crippen LogP contribution >= 0.6 is 0 Å². The Morgan fingerprint density at radius 3 is 1.76 bits per heavy atom. The van der Waals surface area contributed by atoms with Crippen molar-refractivity contribution in [2.75, 3.05) is 0 Å². The molecule has 4 rings (SSSR count). The van der Waals surface area contributed by atoms with Crippen molar-refractivity contribution in [1.29, 1.82) is 0 Å². The minimum Gasteiger partial charge on any atom is -0.515 e. The lowest BCUT2D eigenvalue weighted by atomic mass is 9.98. The summed E-state index contributed by atoms with van der Waals surface area (Å²) in [6, 6.07) is 23.3. The SMILES string of the molecule is O=C1/C(=C/O)C(=O)c2cc(-c3ccc(-c4ccccc4)cc3)ccc21. The average Bonchev–Trinajstić information content (AvgIpc) is 2.92. The van der Waals surface area contributed by atoms with E-state index in [1.807, 2.05) is 48.5 Å². The highest BCUT2D eigenvalue weighted by molar-refractivity contribution is 6.39. The third-order valence-corrected chi connectivity index (χ3v) is 4.45. The number of aliphatic hydroxyl groups is 1. The van der Waals surface area contributed by atoms with E-state index in [-0.39, 0.29) is 5.57 Å². The van der Waals surface area contributed by atoms with Crippen LogP contribution in [0.3, 0.4) is 0 Å². The maximum atomic E-state index is 12.2. The lowest BCUT2D eigenvalue weighted by molar-refractivity contribution is 0.0984. The molecule has 0 saturated carbocycles. The topological polar surface area (TPSA) is 54.4 Å². The van der Waals surface area contributed by atoms with E-state index in [0.717, 1.165) is 22.3 Å². The number of benzene rings is 3. The first-order chi connectivity index (χ1) is 12.2. The Labute approximate surface area is 144 Å². The van der Waals surface area contributed by atoms with Crippen LogP contribution in [0.25, 0.3) is 22.3 Å². The number of aliphatic hydroxyl groups excluding tert-OH is 1. The van der Waals surface area contributed by atoms with Crippen molar-refractivity contribution in [2.45, 2.75) is 0 Å². The van der Waals surface area contributed by atoms with Crippen LogP contribution < -0.4 is 0 Å². The Morgan fingerprint density at radius 2 is 1.12 bits per heavy atom. The summed E-state index contributed by atoms with van der Waals surface area (Å²) in [7, 11) is 0. The summed E-state index contributed by atoms with van der Waals surface area (Å²) < 4.78 is 0. The molecule has 0 bridgehead atoms. The molecule has 0 heterocycles.